The van der Waals surface area contributed by atoms with Crippen molar-refractivity contribution < 1.29 is 9.47 Å². The summed E-state index contributed by atoms with van der Waals surface area (Å²) < 4.78 is 11.7. The molecular formula is C13H18BrNO2. The Balaban J connectivity index is 3.43. The molecule has 2 N–H and O–H groups in total. The Labute approximate surface area is 111 Å². The smallest absolute Gasteiger partial charge is 0.164 e. The molecular weight excluding hydrogens is 282 g/mol. The summed E-state index contributed by atoms with van der Waals surface area (Å²) >= 11 is 3.55. The van der Waals surface area contributed by atoms with E-state index in [0.29, 0.717) is 6.54 Å². The van der Waals surface area contributed by atoms with Crippen LogP contribution in [-0.4, -0.2) is 20.8 Å². The minimum Gasteiger partial charge on any atom is -0.493 e. The molecule has 0 aliphatic heterocycles. The second-order valence-corrected chi connectivity index (χ2v) is 4.33. The molecule has 4 heteroatoms. The molecule has 0 fully saturated rings. The topological polar surface area (TPSA) is 44.5 Å². The number of ether oxygens (including phenoxy) is 2. The van der Waals surface area contributed by atoms with Gasteiger partial charge in [-0.3, -0.25) is 0 Å². The lowest BCUT2D eigenvalue weighted by Crippen LogP contribution is -1.99. The van der Waals surface area contributed by atoms with E-state index < -0.39 is 0 Å². The summed E-state index contributed by atoms with van der Waals surface area (Å²) in [7, 11) is 3.29. The number of hydrogen-bond donors (Lipinski definition) is 1. The van der Waals surface area contributed by atoms with E-state index in [1.807, 2.05) is 18.2 Å². The molecule has 0 amide bonds. The van der Waals surface area contributed by atoms with E-state index in [-0.39, 0.29) is 0 Å². The minimum atomic E-state index is 0.518. The third-order valence-electron chi connectivity index (χ3n) is 2.54. The molecule has 0 heterocycles. The van der Waals surface area contributed by atoms with Gasteiger partial charge in [0.1, 0.15) is 0 Å². The average Bonchev–Trinajstić information content (AvgIpc) is 2.35. The fraction of sp³-hybridized carbons (Fsp3) is 0.385. The first-order valence-electron chi connectivity index (χ1n) is 5.49. The van der Waals surface area contributed by atoms with Crippen molar-refractivity contribution in [1.29, 1.82) is 0 Å². The van der Waals surface area contributed by atoms with Gasteiger partial charge in [0.25, 0.3) is 0 Å². The van der Waals surface area contributed by atoms with Crippen molar-refractivity contribution >= 4 is 22.0 Å². The molecule has 1 aromatic carbocycles. The van der Waals surface area contributed by atoms with Crippen LogP contribution in [0, 0.1) is 0 Å². The Bertz CT molecular complexity index is 416. The first-order chi connectivity index (χ1) is 8.19. The molecule has 0 radical (unpaired) electrons. The van der Waals surface area contributed by atoms with Gasteiger partial charge in [-0.05, 0) is 18.1 Å². The van der Waals surface area contributed by atoms with E-state index >= 15 is 0 Å². The Morgan fingerprint density at radius 1 is 1.35 bits per heavy atom. The molecule has 0 saturated carbocycles. The summed E-state index contributed by atoms with van der Waals surface area (Å²) in [5, 5.41) is 0. The number of methoxy groups -OCH3 is 2. The number of rotatable bonds is 5. The van der Waals surface area contributed by atoms with E-state index in [2.05, 4.69) is 22.9 Å². The highest BCUT2D eigenvalue weighted by Crippen LogP contribution is 2.39. The third-order valence-corrected chi connectivity index (χ3v) is 3.19. The first kappa shape index (κ1) is 14.1. The molecule has 1 aromatic rings. The number of benzene rings is 1. The molecule has 0 aromatic heterocycles. The second kappa shape index (κ2) is 6.67. The van der Waals surface area contributed by atoms with Gasteiger partial charge in [-0.25, -0.2) is 0 Å². The maximum absolute atomic E-state index is 5.49. The summed E-state index contributed by atoms with van der Waals surface area (Å²) in [5.41, 5.74) is 7.69. The molecule has 0 saturated heterocycles. The second-order valence-electron chi connectivity index (χ2n) is 3.48. The van der Waals surface area contributed by atoms with Crippen LogP contribution >= 0.6 is 15.9 Å². The van der Waals surface area contributed by atoms with Crippen LogP contribution < -0.4 is 15.2 Å². The van der Waals surface area contributed by atoms with E-state index in [1.54, 1.807) is 14.2 Å². The average molecular weight is 300 g/mol. The Kier molecular flexibility index (Phi) is 5.51. The molecule has 17 heavy (non-hydrogen) atoms. The van der Waals surface area contributed by atoms with Crippen molar-refractivity contribution in [1.82, 2.24) is 0 Å². The fourth-order valence-electron chi connectivity index (χ4n) is 1.77. The van der Waals surface area contributed by atoms with E-state index in [0.717, 1.165) is 33.5 Å². The van der Waals surface area contributed by atoms with Gasteiger partial charge in [0.05, 0.1) is 14.2 Å². The maximum Gasteiger partial charge on any atom is 0.164 e. The van der Waals surface area contributed by atoms with Crippen molar-refractivity contribution in [2.45, 2.75) is 13.3 Å². The van der Waals surface area contributed by atoms with E-state index in [1.165, 1.54) is 0 Å². The SMILES string of the molecule is CCc1c(/C=C/CN)c(Br)cc(OC)c1OC. The standard InChI is InChI=1S/C13H18BrNO2/c1-4-9-10(6-5-7-15)11(14)8-12(16-2)13(9)17-3/h5-6,8H,4,7,15H2,1-3H3/b6-5+. The van der Waals surface area contributed by atoms with E-state index in [9.17, 15) is 0 Å². The maximum atomic E-state index is 5.49. The van der Waals surface area contributed by atoms with Crippen LogP contribution in [0.15, 0.2) is 16.6 Å². The van der Waals surface area contributed by atoms with Gasteiger partial charge in [-0.15, -0.1) is 0 Å². The molecule has 0 atom stereocenters. The number of hydrogen-bond acceptors (Lipinski definition) is 3. The predicted molar refractivity (Wildman–Crippen MR) is 74.7 cm³/mol. The predicted octanol–water partition coefficient (Wildman–Crippen LogP) is 3.00. The first-order valence-corrected chi connectivity index (χ1v) is 6.28. The largest absolute Gasteiger partial charge is 0.493 e. The van der Waals surface area contributed by atoms with Crippen LogP contribution in [-0.2, 0) is 6.42 Å². The Morgan fingerprint density at radius 3 is 2.53 bits per heavy atom. The van der Waals surface area contributed by atoms with Gasteiger partial charge in [-0.1, -0.05) is 35.0 Å². The molecule has 0 aliphatic carbocycles. The molecule has 1 rings (SSSR count). The van der Waals surface area contributed by atoms with Gasteiger partial charge in [-0.2, -0.15) is 0 Å². The monoisotopic (exact) mass is 299 g/mol. The number of nitrogens with two attached hydrogens (primary N) is 1. The lowest BCUT2D eigenvalue weighted by Gasteiger charge is -2.16. The van der Waals surface area contributed by atoms with Crippen LogP contribution in [0.1, 0.15) is 18.1 Å². The molecule has 94 valence electrons. The van der Waals surface area contributed by atoms with Gasteiger partial charge in [0, 0.05) is 16.6 Å². The highest BCUT2D eigenvalue weighted by atomic mass is 79.9. The summed E-state index contributed by atoms with van der Waals surface area (Å²) in [5.74, 6) is 1.52. The van der Waals surface area contributed by atoms with Gasteiger partial charge < -0.3 is 15.2 Å². The Hall–Kier alpha value is -1.00. The summed E-state index contributed by atoms with van der Waals surface area (Å²) in [6.07, 6.45) is 4.79. The van der Waals surface area contributed by atoms with Crippen LogP contribution in [0.5, 0.6) is 11.5 Å². The molecule has 0 unspecified atom stereocenters. The summed E-state index contributed by atoms with van der Waals surface area (Å²) in [6, 6.07) is 1.91. The minimum absolute atomic E-state index is 0.518. The third kappa shape index (κ3) is 3.01. The van der Waals surface area contributed by atoms with Crippen molar-refractivity contribution in [2.75, 3.05) is 20.8 Å². The van der Waals surface area contributed by atoms with Crippen LogP contribution in [0.4, 0.5) is 0 Å². The fourth-order valence-corrected chi connectivity index (χ4v) is 2.35. The van der Waals surface area contributed by atoms with Gasteiger partial charge >= 0.3 is 0 Å². The van der Waals surface area contributed by atoms with Crippen molar-refractivity contribution in [3.63, 3.8) is 0 Å². The van der Waals surface area contributed by atoms with Crippen molar-refractivity contribution in [3.8, 4) is 11.5 Å². The summed E-state index contributed by atoms with van der Waals surface area (Å²) in [6.45, 7) is 2.60. The Morgan fingerprint density at radius 2 is 2.06 bits per heavy atom. The van der Waals surface area contributed by atoms with Crippen LogP contribution in [0.3, 0.4) is 0 Å². The molecule has 0 aliphatic rings. The van der Waals surface area contributed by atoms with Crippen LogP contribution in [0.25, 0.3) is 6.08 Å². The van der Waals surface area contributed by atoms with Gasteiger partial charge in [0.2, 0.25) is 0 Å². The normalized spacial score (nSPS) is 10.9. The highest BCUT2D eigenvalue weighted by molar-refractivity contribution is 9.10. The highest BCUT2D eigenvalue weighted by Gasteiger charge is 2.15. The molecule has 3 nitrogen and oxygen atoms in total. The molecule has 0 bridgehead atoms. The zero-order valence-corrected chi connectivity index (χ0v) is 12.0. The zero-order chi connectivity index (χ0) is 12.8. The summed E-state index contributed by atoms with van der Waals surface area (Å²) in [4.78, 5) is 0. The zero-order valence-electron chi connectivity index (χ0n) is 10.4. The van der Waals surface area contributed by atoms with E-state index in [4.69, 9.17) is 15.2 Å². The van der Waals surface area contributed by atoms with Gasteiger partial charge in [0.15, 0.2) is 11.5 Å². The van der Waals surface area contributed by atoms with Crippen molar-refractivity contribution in [3.05, 3.63) is 27.7 Å². The molecule has 0 spiro atoms. The number of halogens is 1. The lowest BCUT2D eigenvalue weighted by atomic mass is 10.0. The quantitative estimate of drug-likeness (QED) is 0.909. The lowest BCUT2D eigenvalue weighted by molar-refractivity contribution is 0.351. The van der Waals surface area contributed by atoms with Crippen molar-refractivity contribution in [2.24, 2.45) is 5.73 Å². The van der Waals surface area contributed by atoms with Crippen LogP contribution in [0.2, 0.25) is 0 Å².